The van der Waals surface area contributed by atoms with E-state index in [1.165, 1.54) is 6.08 Å². The van der Waals surface area contributed by atoms with Gasteiger partial charge in [0.15, 0.2) is 0 Å². The Hall–Kier alpha value is -3.58. The van der Waals surface area contributed by atoms with E-state index in [0.717, 1.165) is 21.9 Å². The topological polar surface area (TPSA) is 59.3 Å². The first-order chi connectivity index (χ1) is 12.7. The van der Waals surface area contributed by atoms with Gasteiger partial charge in [-0.2, -0.15) is 5.26 Å². The van der Waals surface area contributed by atoms with E-state index in [2.05, 4.69) is 0 Å². The summed E-state index contributed by atoms with van der Waals surface area (Å²) in [5.41, 5.74) is 1.58. The highest BCUT2D eigenvalue weighted by Crippen LogP contribution is 2.20. The highest BCUT2D eigenvalue weighted by atomic mass is 16.5. The van der Waals surface area contributed by atoms with Crippen LogP contribution < -0.4 is 4.74 Å². The van der Waals surface area contributed by atoms with Crippen molar-refractivity contribution in [2.45, 2.75) is 6.61 Å². The number of carbonyl (C=O) groups is 1. The summed E-state index contributed by atoms with van der Waals surface area (Å²) < 4.78 is 10.4. The quantitative estimate of drug-likeness (QED) is 0.389. The Kier molecular flexibility index (Phi) is 5.31. The predicted octanol–water partition coefficient (Wildman–Crippen LogP) is 4.50. The number of ether oxygens (including phenoxy) is 2. The van der Waals surface area contributed by atoms with Crippen LogP contribution in [0.3, 0.4) is 0 Å². The molecule has 0 aliphatic rings. The fourth-order valence-corrected chi connectivity index (χ4v) is 2.64. The van der Waals surface area contributed by atoms with E-state index in [0.29, 0.717) is 5.75 Å². The van der Waals surface area contributed by atoms with Crippen LogP contribution in [0.15, 0.2) is 72.3 Å². The van der Waals surface area contributed by atoms with Gasteiger partial charge >= 0.3 is 5.97 Å². The van der Waals surface area contributed by atoms with E-state index >= 15 is 0 Å². The van der Waals surface area contributed by atoms with Crippen LogP contribution in [0, 0.1) is 11.3 Å². The average molecular weight is 343 g/mol. The molecule has 0 heterocycles. The van der Waals surface area contributed by atoms with Gasteiger partial charge in [-0.3, -0.25) is 0 Å². The minimum atomic E-state index is -0.642. The van der Waals surface area contributed by atoms with Crippen molar-refractivity contribution in [1.29, 1.82) is 5.26 Å². The van der Waals surface area contributed by atoms with E-state index < -0.39 is 5.97 Å². The summed E-state index contributed by atoms with van der Waals surface area (Å²) in [6.45, 7) is 0.113. The third-order valence-corrected chi connectivity index (χ3v) is 4.01. The van der Waals surface area contributed by atoms with Crippen molar-refractivity contribution < 1.29 is 14.3 Å². The summed E-state index contributed by atoms with van der Waals surface area (Å²) in [4.78, 5) is 12.3. The Morgan fingerprint density at radius 2 is 1.77 bits per heavy atom. The Labute approximate surface area is 151 Å². The standard InChI is InChI=1S/C22H17NO3/c1-25-20-11-9-16(10-12-20)13-19(14-23)22(24)26-15-18-7-4-6-17-5-2-3-8-21(17)18/h2-13H,15H2,1H3/b19-13+. The van der Waals surface area contributed by atoms with Crippen molar-refractivity contribution in [3.8, 4) is 11.8 Å². The molecule has 3 aromatic rings. The van der Waals surface area contributed by atoms with Crippen LogP contribution in [0.2, 0.25) is 0 Å². The van der Waals surface area contributed by atoms with Crippen LogP contribution in [-0.4, -0.2) is 13.1 Å². The SMILES string of the molecule is COc1ccc(/C=C(\C#N)C(=O)OCc2cccc3ccccc23)cc1. The van der Waals surface area contributed by atoms with Gasteiger partial charge in [-0.1, -0.05) is 54.6 Å². The normalized spacial score (nSPS) is 11.0. The van der Waals surface area contributed by atoms with Crippen molar-refractivity contribution in [3.63, 3.8) is 0 Å². The summed E-state index contributed by atoms with van der Waals surface area (Å²) in [5, 5.41) is 11.4. The van der Waals surface area contributed by atoms with Crippen LogP contribution in [0.5, 0.6) is 5.75 Å². The molecule has 0 atom stereocenters. The zero-order valence-corrected chi connectivity index (χ0v) is 14.3. The summed E-state index contributed by atoms with van der Waals surface area (Å²) in [5.74, 6) is 0.0652. The largest absolute Gasteiger partial charge is 0.497 e. The number of carbonyl (C=O) groups excluding carboxylic acids is 1. The number of rotatable bonds is 5. The first-order valence-corrected chi connectivity index (χ1v) is 8.11. The molecule has 128 valence electrons. The summed E-state index contributed by atoms with van der Waals surface area (Å²) in [6.07, 6.45) is 1.50. The Morgan fingerprint density at radius 3 is 2.50 bits per heavy atom. The van der Waals surface area contributed by atoms with Gasteiger partial charge in [-0.05, 0) is 40.1 Å². The molecule has 3 aromatic carbocycles. The zero-order valence-electron chi connectivity index (χ0n) is 14.3. The van der Waals surface area contributed by atoms with E-state index in [-0.39, 0.29) is 12.2 Å². The Bertz CT molecular complexity index is 993. The first-order valence-electron chi connectivity index (χ1n) is 8.11. The van der Waals surface area contributed by atoms with E-state index in [1.54, 1.807) is 31.4 Å². The summed E-state index contributed by atoms with van der Waals surface area (Å²) >= 11 is 0. The van der Waals surface area contributed by atoms with Gasteiger partial charge in [0, 0.05) is 0 Å². The molecule has 0 amide bonds. The lowest BCUT2D eigenvalue weighted by molar-refractivity contribution is -0.139. The number of nitrogens with zero attached hydrogens (tertiary/aromatic N) is 1. The number of nitriles is 1. The molecule has 0 bridgehead atoms. The number of hydrogen-bond acceptors (Lipinski definition) is 4. The van der Waals surface area contributed by atoms with Crippen molar-refractivity contribution >= 4 is 22.8 Å². The molecule has 26 heavy (non-hydrogen) atoms. The second-order valence-electron chi connectivity index (χ2n) is 5.66. The number of esters is 1. The minimum Gasteiger partial charge on any atom is -0.497 e. The molecule has 0 saturated carbocycles. The maximum Gasteiger partial charge on any atom is 0.349 e. The van der Waals surface area contributed by atoms with Crippen LogP contribution in [0.25, 0.3) is 16.8 Å². The Balaban J connectivity index is 1.75. The zero-order chi connectivity index (χ0) is 18.4. The minimum absolute atomic E-state index is 0.0459. The van der Waals surface area contributed by atoms with Crippen molar-refractivity contribution in [2.75, 3.05) is 7.11 Å². The lowest BCUT2D eigenvalue weighted by Gasteiger charge is -2.08. The van der Waals surface area contributed by atoms with Gasteiger partial charge in [-0.25, -0.2) is 4.79 Å². The molecule has 3 rings (SSSR count). The third-order valence-electron chi connectivity index (χ3n) is 4.01. The maximum absolute atomic E-state index is 12.3. The Morgan fingerprint density at radius 1 is 1.04 bits per heavy atom. The molecule has 0 N–H and O–H groups in total. The van der Waals surface area contributed by atoms with Crippen molar-refractivity contribution in [2.24, 2.45) is 0 Å². The van der Waals surface area contributed by atoms with Crippen molar-refractivity contribution in [3.05, 3.63) is 83.4 Å². The van der Waals surface area contributed by atoms with Gasteiger partial charge in [-0.15, -0.1) is 0 Å². The smallest absolute Gasteiger partial charge is 0.349 e. The number of fused-ring (bicyclic) bond motifs is 1. The average Bonchev–Trinajstić information content (AvgIpc) is 2.70. The van der Waals surface area contributed by atoms with Gasteiger partial charge in [0.2, 0.25) is 0 Å². The molecular formula is C22H17NO3. The molecule has 0 aliphatic heterocycles. The fourth-order valence-electron chi connectivity index (χ4n) is 2.64. The summed E-state index contributed by atoms with van der Waals surface area (Å²) in [7, 11) is 1.58. The first kappa shape index (κ1) is 17.2. The van der Waals surface area contributed by atoms with E-state index in [1.807, 2.05) is 48.5 Å². The maximum atomic E-state index is 12.3. The molecule has 0 aromatic heterocycles. The highest BCUT2D eigenvalue weighted by molar-refractivity contribution is 5.98. The summed E-state index contributed by atoms with van der Waals surface area (Å²) in [6, 6.07) is 22.7. The van der Waals surface area contributed by atoms with E-state index in [9.17, 15) is 10.1 Å². The molecule has 4 heteroatoms. The molecule has 4 nitrogen and oxygen atoms in total. The number of benzene rings is 3. The van der Waals surface area contributed by atoms with Crippen molar-refractivity contribution in [1.82, 2.24) is 0 Å². The second-order valence-corrected chi connectivity index (χ2v) is 5.66. The van der Waals surface area contributed by atoms with Crippen LogP contribution in [0.4, 0.5) is 0 Å². The van der Waals surface area contributed by atoms with Gasteiger partial charge in [0.05, 0.1) is 7.11 Å². The molecule has 0 aliphatic carbocycles. The van der Waals surface area contributed by atoms with Gasteiger partial charge < -0.3 is 9.47 Å². The second kappa shape index (κ2) is 8.00. The van der Waals surface area contributed by atoms with Crippen LogP contribution in [0.1, 0.15) is 11.1 Å². The molecule has 0 radical (unpaired) electrons. The van der Waals surface area contributed by atoms with Gasteiger partial charge in [0.1, 0.15) is 24.0 Å². The number of hydrogen-bond donors (Lipinski definition) is 0. The molecular weight excluding hydrogens is 326 g/mol. The van der Waals surface area contributed by atoms with E-state index in [4.69, 9.17) is 9.47 Å². The van der Waals surface area contributed by atoms with Gasteiger partial charge in [0.25, 0.3) is 0 Å². The fraction of sp³-hybridized carbons (Fsp3) is 0.0909. The third kappa shape index (κ3) is 3.90. The van der Waals surface area contributed by atoms with Crippen LogP contribution in [-0.2, 0) is 16.1 Å². The lowest BCUT2D eigenvalue weighted by Crippen LogP contribution is -2.07. The molecule has 0 spiro atoms. The molecule has 0 fully saturated rings. The predicted molar refractivity (Wildman–Crippen MR) is 100 cm³/mol. The lowest BCUT2D eigenvalue weighted by atomic mass is 10.1. The monoisotopic (exact) mass is 343 g/mol. The molecule has 0 unspecified atom stereocenters. The molecule has 0 saturated heterocycles. The van der Waals surface area contributed by atoms with Crippen LogP contribution >= 0.6 is 0 Å². The number of methoxy groups -OCH3 is 1. The highest BCUT2D eigenvalue weighted by Gasteiger charge is 2.12.